The van der Waals surface area contributed by atoms with E-state index in [1.165, 1.54) is 54.8 Å². The maximum absolute atomic E-state index is 12.0. The summed E-state index contributed by atoms with van der Waals surface area (Å²) in [6, 6.07) is 10.0. The lowest BCUT2D eigenvalue weighted by Crippen LogP contribution is -2.36. The van der Waals surface area contributed by atoms with Gasteiger partial charge in [0, 0.05) is 6.20 Å². The van der Waals surface area contributed by atoms with E-state index in [0.717, 1.165) is 5.23 Å². The van der Waals surface area contributed by atoms with Gasteiger partial charge in [0.15, 0.2) is 0 Å². The van der Waals surface area contributed by atoms with Gasteiger partial charge in [0.2, 0.25) is 0 Å². The molecule has 0 radical (unpaired) electrons. The molecular formula is C17H16N4O6S2. The van der Waals surface area contributed by atoms with E-state index < -0.39 is 25.1 Å². The lowest BCUT2D eigenvalue weighted by Gasteiger charge is -2.23. The summed E-state index contributed by atoms with van der Waals surface area (Å²) < 4.78 is 66.1. The Labute approximate surface area is 167 Å². The second kappa shape index (κ2) is 8.05. The van der Waals surface area contributed by atoms with Crippen LogP contribution in [-0.4, -0.2) is 37.4 Å². The minimum atomic E-state index is -4.66. The number of rotatable bonds is 6. The highest BCUT2D eigenvalue weighted by Crippen LogP contribution is 2.28. The number of hydrazine groups is 2. The fourth-order valence-electron chi connectivity index (χ4n) is 2.57. The van der Waals surface area contributed by atoms with Gasteiger partial charge in [-0.15, -0.1) is 10.3 Å². The first-order chi connectivity index (χ1) is 13.7. The molecule has 2 aromatic rings. The summed E-state index contributed by atoms with van der Waals surface area (Å²) in [4.78, 5) is -0.773. The Balaban J connectivity index is 2.04. The van der Waals surface area contributed by atoms with E-state index in [4.69, 9.17) is 0 Å². The van der Waals surface area contributed by atoms with Crippen molar-refractivity contribution >= 4 is 44.3 Å². The number of hydrazone groups is 1. The van der Waals surface area contributed by atoms with Gasteiger partial charge in [-0.2, -0.15) is 16.8 Å². The first-order valence-electron chi connectivity index (χ1n) is 8.03. The van der Waals surface area contributed by atoms with E-state index in [0.29, 0.717) is 0 Å². The molecule has 0 bridgehead atoms. The smallest absolute Gasteiger partial charge is 0.282 e. The molecule has 29 heavy (non-hydrogen) atoms. The number of benzene rings is 2. The van der Waals surface area contributed by atoms with Crippen LogP contribution in [0.3, 0.4) is 0 Å². The summed E-state index contributed by atoms with van der Waals surface area (Å²) in [5.41, 5.74) is 5.65. The van der Waals surface area contributed by atoms with Crippen LogP contribution in [0.25, 0.3) is 12.2 Å². The molecule has 0 fully saturated rings. The molecular weight excluding hydrogens is 420 g/mol. The summed E-state index contributed by atoms with van der Waals surface area (Å²) >= 11 is 0. The maximum atomic E-state index is 12.0. The minimum Gasteiger partial charge on any atom is -0.282 e. The van der Waals surface area contributed by atoms with Crippen LogP contribution in [0.1, 0.15) is 11.1 Å². The van der Waals surface area contributed by atoms with Gasteiger partial charge in [-0.25, -0.2) is 0 Å². The Kier molecular flexibility index (Phi) is 5.70. The zero-order chi connectivity index (χ0) is 21.1. The van der Waals surface area contributed by atoms with Crippen molar-refractivity contribution in [1.29, 1.82) is 0 Å². The number of anilines is 1. The molecule has 1 heterocycles. The highest BCUT2D eigenvalue weighted by Gasteiger charge is 2.21. The standard InChI is InChI=1S/C17H16N4O6S2/c22-28(23,24)16-8-2-1-5-13(16)9-10-14-6-3-7-15(17(14)29(25,26)27)20-21-18-11-4-12-19-21/h1-12,18,20H,(H,22,23,24)(H,25,26,27)/b10-9+. The van der Waals surface area contributed by atoms with Gasteiger partial charge in [0.05, 0.1) is 11.9 Å². The fraction of sp³-hybridized carbons (Fsp3) is 0. The molecule has 1 aliphatic rings. The molecule has 10 nitrogen and oxygen atoms in total. The predicted octanol–water partition coefficient (Wildman–Crippen LogP) is 2.00. The van der Waals surface area contributed by atoms with E-state index in [1.807, 2.05) is 0 Å². The fourth-order valence-corrected chi connectivity index (χ4v) is 4.08. The molecule has 0 aliphatic carbocycles. The molecule has 0 amide bonds. The highest BCUT2D eigenvalue weighted by molar-refractivity contribution is 7.86. The van der Waals surface area contributed by atoms with Gasteiger partial charge in [-0.1, -0.05) is 42.5 Å². The Bertz CT molecular complexity index is 1220. The van der Waals surface area contributed by atoms with Gasteiger partial charge >= 0.3 is 0 Å². The molecule has 0 unspecified atom stereocenters. The first kappa shape index (κ1) is 20.5. The van der Waals surface area contributed by atoms with Gasteiger partial charge in [0.1, 0.15) is 9.79 Å². The Morgan fingerprint density at radius 3 is 2.28 bits per heavy atom. The number of hydrogen-bond donors (Lipinski definition) is 4. The third-order valence-electron chi connectivity index (χ3n) is 3.73. The SMILES string of the molecule is O=S(=O)(O)c1ccccc1/C=C/c1cccc(NN2N=CC=CN2)c1S(=O)(=O)O. The van der Waals surface area contributed by atoms with Crippen LogP contribution in [-0.2, 0) is 20.2 Å². The van der Waals surface area contributed by atoms with E-state index >= 15 is 0 Å². The van der Waals surface area contributed by atoms with Crippen LogP contribution in [0.4, 0.5) is 5.69 Å². The number of allylic oxidation sites excluding steroid dienone is 1. The van der Waals surface area contributed by atoms with E-state index in [9.17, 15) is 25.9 Å². The molecule has 2 aromatic carbocycles. The molecule has 0 saturated carbocycles. The van der Waals surface area contributed by atoms with E-state index in [1.54, 1.807) is 18.3 Å². The monoisotopic (exact) mass is 436 g/mol. The Morgan fingerprint density at radius 2 is 1.62 bits per heavy atom. The van der Waals surface area contributed by atoms with Crippen LogP contribution in [0.2, 0.25) is 0 Å². The summed E-state index contributed by atoms with van der Waals surface area (Å²) in [5, 5.41) is 5.05. The van der Waals surface area contributed by atoms with Crippen LogP contribution in [0, 0.1) is 0 Å². The van der Waals surface area contributed by atoms with E-state index in [2.05, 4.69) is 16.0 Å². The third-order valence-corrected chi connectivity index (χ3v) is 5.63. The van der Waals surface area contributed by atoms with Crippen molar-refractivity contribution in [1.82, 2.24) is 10.7 Å². The third kappa shape index (κ3) is 5.00. The molecule has 0 atom stereocenters. The van der Waals surface area contributed by atoms with Crippen LogP contribution in [0.5, 0.6) is 0 Å². The van der Waals surface area contributed by atoms with Crippen molar-refractivity contribution in [3.8, 4) is 0 Å². The van der Waals surface area contributed by atoms with Gasteiger partial charge in [0.25, 0.3) is 20.2 Å². The number of hydrogen-bond acceptors (Lipinski definition) is 8. The van der Waals surface area contributed by atoms with E-state index in [-0.39, 0.29) is 21.7 Å². The molecule has 0 spiro atoms. The molecule has 1 aliphatic heterocycles. The molecule has 0 saturated heterocycles. The normalized spacial score (nSPS) is 14.2. The zero-order valence-corrected chi connectivity index (χ0v) is 16.3. The van der Waals surface area contributed by atoms with Crippen molar-refractivity contribution < 1.29 is 25.9 Å². The molecule has 152 valence electrons. The predicted molar refractivity (Wildman–Crippen MR) is 108 cm³/mol. The Hall–Kier alpha value is -3.19. The van der Waals surface area contributed by atoms with Crippen molar-refractivity contribution in [3.05, 3.63) is 65.9 Å². The number of nitrogens with one attached hydrogen (secondary N) is 2. The first-order valence-corrected chi connectivity index (χ1v) is 10.9. The van der Waals surface area contributed by atoms with Gasteiger partial charge in [-0.05, 0) is 29.3 Å². The minimum absolute atomic E-state index is 0.0256. The van der Waals surface area contributed by atoms with Crippen molar-refractivity contribution in [2.24, 2.45) is 5.10 Å². The average Bonchev–Trinajstić information content (AvgIpc) is 2.66. The van der Waals surface area contributed by atoms with Crippen LogP contribution in [0.15, 0.2) is 69.6 Å². The molecule has 0 aromatic heterocycles. The topological polar surface area (TPSA) is 148 Å². The van der Waals surface area contributed by atoms with Gasteiger partial charge < -0.3 is 0 Å². The Morgan fingerprint density at radius 1 is 0.931 bits per heavy atom. The van der Waals surface area contributed by atoms with Crippen LogP contribution >= 0.6 is 0 Å². The maximum Gasteiger partial charge on any atom is 0.297 e. The molecule has 4 N–H and O–H groups in total. The summed E-state index contributed by atoms with van der Waals surface area (Å²) in [6.07, 6.45) is 7.24. The summed E-state index contributed by atoms with van der Waals surface area (Å²) in [7, 11) is -9.14. The van der Waals surface area contributed by atoms with Gasteiger partial charge in [-0.3, -0.25) is 20.0 Å². The molecule has 3 rings (SSSR count). The lowest BCUT2D eigenvalue weighted by atomic mass is 10.1. The zero-order valence-electron chi connectivity index (χ0n) is 14.7. The lowest BCUT2D eigenvalue weighted by molar-refractivity contribution is 0.284. The quantitative estimate of drug-likeness (QED) is 0.394. The summed E-state index contributed by atoms with van der Waals surface area (Å²) in [6.45, 7) is 0. The molecule has 12 heteroatoms. The largest absolute Gasteiger partial charge is 0.297 e. The highest BCUT2D eigenvalue weighted by atomic mass is 32.2. The second-order valence-corrected chi connectivity index (χ2v) is 8.47. The van der Waals surface area contributed by atoms with Crippen molar-refractivity contribution in [2.75, 3.05) is 5.43 Å². The summed E-state index contributed by atoms with van der Waals surface area (Å²) in [5.74, 6) is 0. The van der Waals surface area contributed by atoms with Crippen molar-refractivity contribution in [3.63, 3.8) is 0 Å². The number of nitrogens with zero attached hydrogens (tertiary/aromatic N) is 2. The average molecular weight is 436 g/mol. The van der Waals surface area contributed by atoms with Crippen LogP contribution < -0.4 is 10.9 Å². The second-order valence-electron chi connectivity index (χ2n) is 5.72. The van der Waals surface area contributed by atoms with Crippen molar-refractivity contribution in [2.45, 2.75) is 9.79 Å².